The van der Waals surface area contributed by atoms with Crippen LogP contribution in [-0.4, -0.2) is 25.7 Å². The number of rotatable bonds is 2. The zero-order valence-corrected chi connectivity index (χ0v) is 10.6. The van der Waals surface area contributed by atoms with E-state index < -0.39 is 5.97 Å². The first-order valence-corrected chi connectivity index (χ1v) is 6.23. The van der Waals surface area contributed by atoms with Crippen LogP contribution in [0.4, 0.5) is 4.39 Å². The lowest BCUT2D eigenvalue weighted by Gasteiger charge is -1.95. The number of fused-ring (bicyclic) bond motifs is 1. The molecule has 0 unspecified atom stereocenters. The van der Waals surface area contributed by atoms with Gasteiger partial charge >= 0.3 is 5.97 Å². The number of carbonyl (C=O) groups is 1. The molecule has 0 radical (unpaired) electrons. The topological polar surface area (TPSA) is 67.5 Å². The molecule has 0 aliphatic rings. The smallest absolute Gasteiger partial charge is 0.356 e. The number of hydrogen-bond acceptors (Lipinski definition) is 4. The molecule has 0 amide bonds. The van der Waals surface area contributed by atoms with Crippen LogP contribution in [0.3, 0.4) is 0 Å². The summed E-state index contributed by atoms with van der Waals surface area (Å²) in [7, 11) is 0. The molecule has 0 atom stereocenters. The molecule has 0 saturated heterocycles. The normalized spacial score (nSPS) is 11.1. The molecule has 96 valence electrons. The number of carboxylic acids is 1. The summed E-state index contributed by atoms with van der Waals surface area (Å²) >= 11 is 1.26. The zero-order valence-electron chi connectivity index (χ0n) is 9.79. The molecule has 5 nitrogen and oxygen atoms in total. The van der Waals surface area contributed by atoms with Crippen LogP contribution in [0.25, 0.3) is 15.5 Å². The van der Waals surface area contributed by atoms with Crippen LogP contribution in [0, 0.1) is 12.7 Å². The van der Waals surface area contributed by atoms with Gasteiger partial charge in [0.05, 0.1) is 5.69 Å². The second-order valence-corrected chi connectivity index (χ2v) is 4.92. The molecule has 0 aliphatic carbocycles. The fraction of sp³-hybridized carbons (Fsp3) is 0.0833. The predicted molar refractivity (Wildman–Crippen MR) is 68.0 cm³/mol. The minimum absolute atomic E-state index is 0.0552. The van der Waals surface area contributed by atoms with Crippen LogP contribution in [0.2, 0.25) is 0 Å². The van der Waals surface area contributed by atoms with E-state index in [1.54, 1.807) is 19.1 Å². The lowest BCUT2D eigenvalue weighted by atomic mass is 10.2. The molecule has 0 bridgehead atoms. The van der Waals surface area contributed by atoms with Crippen molar-refractivity contribution in [3.8, 4) is 10.6 Å². The third-order valence-electron chi connectivity index (χ3n) is 2.67. The molecule has 0 fully saturated rings. The van der Waals surface area contributed by atoms with Crippen molar-refractivity contribution < 1.29 is 14.3 Å². The van der Waals surface area contributed by atoms with Gasteiger partial charge in [-0.05, 0) is 31.2 Å². The van der Waals surface area contributed by atoms with E-state index in [9.17, 15) is 9.18 Å². The summed E-state index contributed by atoms with van der Waals surface area (Å²) in [5, 5.41) is 13.9. The van der Waals surface area contributed by atoms with E-state index in [0.29, 0.717) is 15.7 Å². The number of aromatic nitrogens is 3. The van der Waals surface area contributed by atoms with Gasteiger partial charge < -0.3 is 5.11 Å². The number of benzene rings is 1. The van der Waals surface area contributed by atoms with Gasteiger partial charge in [-0.25, -0.2) is 14.2 Å². The Morgan fingerprint density at radius 2 is 2.05 bits per heavy atom. The van der Waals surface area contributed by atoms with Crippen LogP contribution in [0.15, 0.2) is 24.3 Å². The first kappa shape index (κ1) is 11.8. The summed E-state index contributed by atoms with van der Waals surface area (Å²) in [6.07, 6.45) is 0. The fourth-order valence-corrected chi connectivity index (χ4v) is 2.75. The quantitative estimate of drug-likeness (QED) is 0.781. The van der Waals surface area contributed by atoms with Crippen molar-refractivity contribution >= 4 is 22.3 Å². The van der Waals surface area contributed by atoms with E-state index in [0.717, 1.165) is 5.56 Å². The maximum atomic E-state index is 12.9. The van der Waals surface area contributed by atoms with Crippen molar-refractivity contribution in [2.45, 2.75) is 6.92 Å². The Morgan fingerprint density at radius 1 is 1.37 bits per heavy atom. The highest BCUT2D eigenvalue weighted by Gasteiger charge is 2.19. The summed E-state index contributed by atoms with van der Waals surface area (Å²) in [5.74, 6) is -1.40. The largest absolute Gasteiger partial charge is 0.476 e. The number of nitrogens with zero attached hydrogens (tertiary/aromatic N) is 3. The fourth-order valence-electron chi connectivity index (χ4n) is 1.80. The maximum absolute atomic E-state index is 12.9. The van der Waals surface area contributed by atoms with E-state index in [1.165, 1.54) is 28.0 Å². The molecule has 2 aromatic heterocycles. The minimum Gasteiger partial charge on any atom is -0.476 e. The third kappa shape index (κ3) is 1.88. The van der Waals surface area contributed by atoms with E-state index >= 15 is 0 Å². The zero-order chi connectivity index (χ0) is 13.6. The van der Waals surface area contributed by atoms with Gasteiger partial charge in [-0.1, -0.05) is 11.3 Å². The van der Waals surface area contributed by atoms with Crippen LogP contribution in [-0.2, 0) is 0 Å². The van der Waals surface area contributed by atoms with Crippen LogP contribution in [0.5, 0.6) is 0 Å². The average Bonchev–Trinajstić information content (AvgIpc) is 2.85. The van der Waals surface area contributed by atoms with Gasteiger partial charge in [-0.3, -0.25) is 0 Å². The molecular weight excluding hydrogens is 269 g/mol. The summed E-state index contributed by atoms with van der Waals surface area (Å²) in [5.41, 5.74) is 1.21. The number of aryl methyl sites for hydroxylation is 1. The van der Waals surface area contributed by atoms with Gasteiger partial charge in [0, 0.05) is 5.56 Å². The summed E-state index contributed by atoms with van der Waals surface area (Å²) in [6, 6.07) is 5.87. The molecule has 2 heterocycles. The molecule has 7 heteroatoms. The Balaban J connectivity index is 2.17. The van der Waals surface area contributed by atoms with Crippen molar-refractivity contribution in [1.82, 2.24) is 14.6 Å². The average molecular weight is 277 g/mol. The van der Waals surface area contributed by atoms with Gasteiger partial charge in [0.25, 0.3) is 0 Å². The first-order chi connectivity index (χ1) is 9.06. The maximum Gasteiger partial charge on any atom is 0.356 e. The van der Waals surface area contributed by atoms with Crippen LogP contribution < -0.4 is 0 Å². The lowest BCUT2D eigenvalue weighted by Crippen LogP contribution is -2.04. The summed E-state index contributed by atoms with van der Waals surface area (Å²) in [4.78, 5) is 15.8. The highest BCUT2D eigenvalue weighted by Crippen LogP contribution is 2.27. The number of imidazole rings is 1. The monoisotopic (exact) mass is 277 g/mol. The Kier molecular flexibility index (Phi) is 2.56. The summed E-state index contributed by atoms with van der Waals surface area (Å²) in [6.45, 7) is 1.63. The van der Waals surface area contributed by atoms with Crippen molar-refractivity contribution in [3.05, 3.63) is 41.5 Å². The van der Waals surface area contributed by atoms with Gasteiger partial charge in [-0.2, -0.15) is 9.61 Å². The Hall–Kier alpha value is -2.28. The Morgan fingerprint density at radius 3 is 2.68 bits per heavy atom. The van der Waals surface area contributed by atoms with Gasteiger partial charge in [0.15, 0.2) is 5.69 Å². The molecular formula is C12H8FN3O2S. The number of carboxylic acid groups (broad SMARTS) is 1. The Labute approximate surface area is 111 Å². The van der Waals surface area contributed by atoms with Crippen molar-refractivity contribution in [2.24, 2.45) is 0 Å². The number of aromatic carboxylic acids is 1. The standard InChI is InChI=1S/C12H8FN3O2S/c1-6-9(11(17)18)16-12(14-6)19-10(15-16)7-2-4-8(13)5-3-7/h2-5H,1H3,(H,17,18). The number of hydrogen-bond donors (Lipinski definition) is 1. The van der Waals surface area contributed by atoms with E-state index in [-0.39, 0.29) is 11.5 Å². The molecule has 19 heavy (non-hydrogen) atoms. The van der Waals surface area contributed by atoms with Crippen molar-refractivity contribution in [2.75, 3.05) is 0 Å². The van der Waals surface area contributed by atoms with Crippen molar-refractivity contribution in [3.63, 3.8) is 0 Å². The van der Waals surface area contributed by atoms with Gasteiger partial charge in [0.1, 0.15) is 10.8 Å². The SMILES string of the molecule is Cc1nc2sc(-c3ccc(F)cc3)nn2c1C(=O)O. The molecule has 3 aromatic rings. The molecule has 3 rings (SSSR count). The van der Waals surface area contributed by atoms with E-state index in [1.807, 2.05) is 0 Å². The first-order valence-electron chi connectivity index (χ1n) is 5.41. The molecule has 0 aliphatic heterocycles. The predicted octanol–water partition coefficient (Wildman–Crippen LogP) is 2.60. The summed E-state index contributed by atoms with van der Waals surface area (Å²) < 4.78 is 14.2. The Bertz CT molecular complexity index is 776. The van der Waals surface area contributed by atoms with Crippen LogP contribution >= 0.6 is 11.3 Å². The van der Waals surface area contributed by atoms with Crippen LogP contribution in [0.1, 0.15) is 16.2 Å². The molecule has 1 aromatic carbocycles. The second-order valence-electron chi connectivity index (χ2n) is 3.96. The van der Waals surface area contributed by atoms with Gasteiger partial charge in [-0.15, -0.1) is 0 Å². The highest BCUT2D eigenvalue weighted by molar-refractivity contribution is 7.19. The highest BCUT2D eigenvalue weighted by atomic mass is 32.1. The minimum atomic E-state index is -1.07. The molecule has 0 spiro atoms. The third-order valence-corrected chi connectivity index (χ3v) is 3.63. The van der Waals surface area contributed by atoms with E-state index in [4.69, 9.17) is 5.11 Å². The number of halogens is 1. The molecule has 0 saturated carbocycles. The second kappa shape index (κ2) is 4.13. The van der Waals surface area contributed by atoms with E-state index in [2.05, 4.69) is 10.1 Å². The van der Waals surface area contributed by atoms with Gasteiger partial charge in [0.2, 0.25) is 4.96 Å². The lowest BCUT2D eigenvalue weighted by molar-refractivity contribution is 0.0687. The van der Waals surface area contributed by atoms with Crippen molar-refractivity contribution in [1.29, 1.82) is 0 Å². The molecule has 1 N–H and O–H groups in total.